The van der Waals surface area contributed by atoms with Gasteiger partial charge < -0.3 is 15.2 Å². The van der Waals surface area contributed by atoms with E-state index in [0.29, 0.717) is 5.69 Å². The van der Waals surface area contributed by atoms with Crippen LogP contribution in [-0.4, -0.2) is 41.9 Å². The number of sulfonamides is 1. The number of nitrogens with one attached hydrogen (secondary N) is 1. The van der Waals surface area contributed by atoms with Crippen LogP contribution in [0.2, 0.25) is 5.02 Å². The van der Waals surface area contributed by atoms with E-state index in [1.165, 1.54) is 32.4 Å². The molecule has 0 radical (unpaired) electrons. The van der Waals surface area contributed by atoms with Crippen LogP contribution < -0.4 is 10.5 Å². The first-order valence-electron chi connectivity index (χ1n) is 5.47. The molecule has 1 aromatic carbocycles. The summed E-state index contributed by atoms with van der Waals surface area (Å²) in [6, 6.07) is 4.28. The Morgan fingerprint density at radius 1 is 1.42 bits per heavy atom. The first kappa shape index (κ1) is 16.2. The monoisotopic (exact) mass is 308 g/mol. The topological polar surface area (TPSA) is 90.7 Å². The molecule has 0 aliphatic heterocycles. The summed E-state index contributed by atoms with van der Waals surface area (Å²) in [7, 11) is -0.748. The van der Waals surface area contributed by atoms with Gasteiger partial charge >= 0.3 is 0 Å². The van der Waals surface area contributed by atoms with Crippen LogP contribution in [0.4, 0.5) is 5.69 Å². The molecule has 0 bridgehead atoms. The van der Waals surface area contributed by atoms with Gasteiger partial charge in [0.2, 0.25) is 10.0 Å². The molecule has 0 amide bonds. The Kier molecular flexibility index (Phi) is 6.02. The van der Waals surface area contributed by atoms with Crippen LogP contribution in [0.1, 0.15) is 0 Å². The summed E-state index contributed by atoms with van der Waals surface area (Å²) in [5, 5.41) is 0.113. The summed E-state index contributed by atoms with van der Waals surface area (Å²) in [6.45, 7) is 0.363. The minimum absolute atomic E-state index is 0.0542. The predicted molar refractivity (Wildman–Crippen MR) is 73.7 cm³/mol. The van der Waals surface area contributed by atoms with E-state index in [4.69, 9.17) is 26.8 Å². The predicted octanol–water partition coefficient (Wildman–Crippen LogP) is 0.862. The molecule has 0 saturated carbocycles. The third kappa shape index (κ3) is 4.63. The summed E-state index contributed by atoms with van der Waals surface area (Å²) >= 11 is 5.86. The van der Waals surface area contributed by atoms with E-state index >= 15 is 0 Å². The fourth-order valence-electron chi connectivity index (χ4n) is 1.40. The van der Waals surface area contributed by atoms with Crippen LogP contribution in [0.5, 0.6) is 0 Å². The Labute approximate surface area is 117 Å². The maximum Gasteiger partial charge on any atom is 0.242 e. The minimum Gasteiger partial charge on any atom is -0.399 e. The van der Waals surface area contributed by atoms with E-state index in [2.05, 4.69) is 4.72 Å². The van der Waals surface area contributed by atoms with Gasteiger partial charge in [-0.3, -0.25) is 0 Å². The highest BCUT2D eigenvalue weighted by Crippen LogP contribution is 2.23. The number of nitrogens with two attached hydrogens (primary N) is 1. The standard InChI is InChI=1S/C11H17ClN2O4S/c1-17-7-9(18-2)6-14-19(15,16)11-5-8(13)3-4-10(11)12/h3-5,9,14H,6-7,13H2,1-2H3. The van der Waals surface area contributed by atoms with Crippen LogP contribution in [0.3, 0.4) is 0 Å². The number of hydrogen-bond donors (Lipinski definition) is 2. The molecular weight excluding hydrogens is 292 g/mol. The molecule has 0 fully saturated rings. The first-order chi connectivity index (χ1) is 8.90. The SMILES string of the molecule is COCC(CNS(=O)(=O)c1cc(N)ccc1Cl)OC. The largest absolute Gasteiger partial charge is 0.399 e. The van der Waals surface area contributed by atoms with Gasteiger partial charge in [-0.05, 0) is 18.2 Å². The van der Waals surface area contributed by atoms with E-state index in [0.717, 1.165) is 0 Å². The van der Waals surface area contributed by atoms with Gasteiger partial charge in [0.05, 0.1) is 17.7 Å². The third-order valence-electron chi connectivity index (χ3n) is 2.43. The van der Waals surface area contributed by atoms with E-state index in [-0.39, 0.29) is 29.2 Å². The number of nitrogen functional groups attached to an aromatic ring is 1. The van der Waals surface area contributed by atoms with Crippen molar-refractivity contribution < 1.29 is 17.9 Å². The van der Waals surface area contributed by atoms with Crippen LogP contribution in [0.25, 0.3) is 0 Å². The lowest BCUT2D eigenvalue weighted by atomic mass is 10.3. The summed E-state index contributed by atoms with van der Waals surface area (Å²) in [5.74, 6) is 0. The summed E-state index contributed by atoms with van der Waals surface area (Å²) in [6.07, 6.45) is -0.375. The second kappa shape index (κ2) is 7.06. The van der Waals surface area contributed by atoms with Crippen LogP contribution >= 0.6 is 11.6 Å². The van der Waals surface area contributed by atoms with E-state index in [1.54, 1.807) is 0 Å². The van der Waals surface area contributed by atoms with Crippen LogP contribution in [-0.2, 0) is 19.5 Å². The molecule has 3 N–H and O–H groups in total. The van der Waals surface area contributed by atoms with Gasteiger partial charge in [-0.15, -0.1) is 0 Å². The van der Waals surface area contributed by atoms with Gasteiger partial charge in [-0.2, -0.15) is 0 Å². The smallest absolute Gasteiger partial charge is 0.242 e. The lowest BCUT2D eigenvalue weighted by Gasteiger charge is -2.15. The van der Waals surface area contributed by atoms with Crippen molar-refractivity contribution in [2.24, 2.45) is 0 Å². The van der Waals surface area contributed by atoms with Gasteiger partial charge in [0.15, 0.2) is 0 Å². The number of hydrogen-bond acceptors (Lipinski definition) is 5. The maximum absolute atomic E-state index is 12.1. The first-order valence-corrected chi connectivity index (χ1v) is 7.33. The lowest BCUT2D eigenvalue weighted by Crippen LogP contribution is -2.35. The molecule has 19 heavy (non-hydrogen) atoms. The zero-order valence-corrected chi connectivity index (χ0v) is 12.3. The van der Waals surface area contributed by atoms with Gasteiger partial charge in [0.25, 0.3) is 0 Å². The molecule has 0 aliphatic rings. The summed E-state index contributed by atoms with van der Waals surface area (Å²) in [4.78, 5) is -0.0542. The third-order valence-corrected chi connectivity index (χ3v) is 4.34. The number of ether oxygens (including phenoxy) is 2. The molecule has 0 saturated heterocycles. The molecule has 108 valence electrons. The normalized spacial score (nSPS) is 13.4. The lowest BCUT2D eigenvalue weighted by molar-refractivity contribution is 0.0320. The van der Waals surface area contributed by atoms with Crippen molar-refractivity contribution in [3.63, 3.8) is 0 Å². The fraction of sp³-hybridized carbons (Fsp3) is 0.455. The second-order valence-corrected chi connectivity index (χ2v) is 6.00. The molecular formula is C11H17ClN2O4S. The molecule has 1 unspecified atom stereocenters. The van der Waals surface area contributed by atoms with Crippen molar-refractivity contribution in [2.45, 2.75) is 11.0 Å². The molecule has 1 rings (SSSR count). The second-order valence-electron chi connectivity index (χ2n) is 3.85. The molecule has 8 heteroatoms. The highest BCUT2D eigenvalue weighted by atomic mass is 35.5. The van der Waals surface area contributed by atoms with E-state index < -0.39 is 10.0 Å². The molecule has 0 heterocycles. The van der Waals surface area contributed by atoms with Crippen molar-refractivity contribution in [3.8, 4) is 0 Å². The molecule has 0 spiro atoms. The zero-order valence-electron chi connectivity index (χ0n) is 10.7. The molecule has 0 aromatic heterocycles. The van der Waals surface area contributed by atoms with E-state index in [1.807, 2.05) is 0 Å². The zero-order chi connectivity index (χ0) is 14.5. The van der Waals surface area contributed by atoms with Crippen LogP contribution in [0.15, 0.2) is 23.1 Å². The number of benzene rings is 1. The molecule has 6 nitrogen and oxygen atoms in total. The minimum atomic E-state index is -3.73. The molecule has 1 aromatic rings. The summed E-state index contributed by atoms with van der Waals surface area (Å²) in [5.41, 5.74) is 5.88. The average molecular weight is 309 g/mol. The van der Waals surface area contributed by atoms with Crippen molar-refractivity contribution in [2.75, 3.05) is 33.1 Å². The Balaban J connectivity index is 2.83. The van der Waals surface area contributed by atoms with Gasteiger partial charge in [-0.1, -0.05) is 11.6 Å². The molecule has 1 atom stereocenters. The Morgan fingerprint density at radius 2 is 2.11 bits per heavy atom. The van der Waals surface area contributed by atoms with Crippen molar-refractivity contribution >= 4 is 27.3 Å². The Bertz CT molecular complexity index is 521. The number of halogens is 1. The van der Waals surface area contributed by atoms with Gasteiger partial charge in [-0.25, -0.2) is 13.1 Å². The van der Waals surface area contributed by atoms with Crippen LogP contribution in [0, 0.1) is 0 Å². The van der Waals surface area contributed by atoms with Crippen molar-refractivity contribution in [1.29, 1.82) is 0 Å². The Hall–Kier alpha value is -0.860. The van der Waals surface area contributed by atoms with Gasteiger partial charge in [0.1, 0.15) is 4.90 Å². The number of rotatable bonds is 7. The van der Waals surface area contributed by atoms with Crippen molar-refractivity contribution in [1.82, 2.24) is 4.72 Å². The quantitative estimate of drug-likeness (QED) is 0.729. The van der Waals surface area contributed by atoms with Gasteiger partial charge in [0, 0.05) is 26.5 Å². The summed E-state index contributed by atoms with van der Waals surface area (Å²) < 4.78 is 36.5. The fourth-order valence-corrected chi connectivity index (χ4v) is 3.00. The maximum atomic E-state index is 12.1. The number of methoxy groups -OCH3 is 2. The number of anilines is 1. The average Bonchev–Trinajstić information content (AvgIpc) is 2.37. The van der Waals surface area contributed by atoms with Crippen molar-refractivity contribution in [3.05, 3.63) is 23.2 Å². The highest BCUT2D eigenvalue weighted by Gasteiger charge is 2.20. The van der Waals surface area contributed by atoms with E-state index in [9.17, 15) is 8.42 Å². The Morgan fingerprint density at radius 3 is 2.68 bits per heavy atom. The molecule has 0 aliphatic carbocycles. The highest BCUT2D eigenvalue weighted by molar-refractivity contribution is 7.89.